The first-order valence-corrected chi connectivity index (χ1v) is 18.3. The molecule has 59 heavy (non-hydrogen) atoms. The molecule has 0 aliphatic carbocycles. The third-order valence-corrected chi connectivity index (χ3v) is 8.37. The summed E-state index contributed by atoms with van der Waals surface area (Å²) in [5.74, 6) is -13.9. The number of rotatable bonds is 18. The van der Waals surface area contributed by atoms with E-state index in [-0.39, 0.29) is 23.3 Å². The minimum Gasteiger partial charge on any atom is -0.497 e. The minimum atomic E-state index is -5.06. The van der Waals surface area contributed by atoms with E-state index in [0.717, 1.165) is 5.32 Å². The molecule has 3 rings (SSSR count). The first-order valence-electron chi connectivity index (χ1n) is 17.9. The van der Waals surface area contributed by atoms with Gasteiger partial charge < -0.3 is 35.5 Å². The number of hydrogen-bond donors (Lipinski definition) is 4. The molecule has 0 bridgehead atoms. The van der Waals surface area contributed by atoms with E-state index in [1.54, 1.807) is 39.0 Å². The second kappa shape index (κ2) is 20.3. The van der Waals surface area contributed by atoms with Gasteiger partial charge in [-0.2, -0.15) is 22.0 Å². The molecule has 0 saturated carbocycles. The van der Waals surface area contributed by atoms with Gasteiger partial charge in [-0.15, -0.1) is 0 Å². The lowest BCUT2D eigenvalue weighted by molar-refractivity contribution is -0.165. The van der Waals surface area contributed by atoms with Crippen molar-refractivity contribution in [1.29, 1.82) is 0 Å². The summed E-state index contributed by atoms with van der Waals surface area (Å²) in [5.41, 5.74) is -0.144. The summed E-state index contributed by atoms with van der Waals surface area (Å²) in [6.45, 7) is 5.03. The fourth-order valence-corrected chi connectivity index (χ4v) is 5.49. The molecule has 0 fully saturated rings. The maximum Gasteiger partial charge on any atom is 0.405 e. The molecule has 0 heterocycles. The molecule has 0 saturated heterocycles. The lowest BCUT2D eigenvalue weighted by atomic mass is 9.94. The highest BCUT2D eigenvalue weighted by Gasteiger charge is 2.52. The lowest BCUT2D eigenvalue weighted by Crippen LogP contribution is -2.58. The van der Waals surface area contributed by atoms with Gasteiger partial charge in [-0.3, -0.25) is 24.0 Å². The van der Waals surface area contributed by atoms with Crippen LogP contribution >= 0.6 is 11.6 Å². The third-order valence-electron chi connectivity index (χ3n) is 8.13. The van der Waals surface area contributed by atoms with Gasteiger partial charge in [0, 0.05) is 17.0 Å². The highest BCUT2D eigenvalue weighted by molar-refractivity contribution is 6.30. The molecule has 19 heteroatoms. The first kappa shape index (κ1) is 47.6. The van der Waals surface area contributed by atoms with Crippen molar-refractivity contribution in [2.75, 3.05) is 20.3 Å². The number of halogens is 6. The normalized spacial score (nSPS) is 13.3. The highest BCUT2D eigenvalue weighted by atomic mass is 35.5. The van der Waals surface area contributed by atoms with Gasteiger partial charge in [-0.1, -0.05) is 49.7 Å². The van der Waals surface area contributed by atoms with Crippen LogP contribution in [0.2, 0.25) is 5.02 Å². The van der Waals surface area contributed by atoms with Crippen LogP contribution in [0.4, 0.5) is 22.0 Å². The number of Topliss-reactive ketones (excluding diaryl/α,β-unsaturated/α-hetero) is 1. The number of nitrogens with one attached hydrogen (secondary N) is 4. The number of amides is 4. The summed E-state index contributed by atoms with van der Waals surface area (Å²) in [7, 11) is 1.36. The topological polar surface area (TPSA) is 178 Å². The predicted molar refractivity (Wildman–Crippen MR) is 204 cm³/mol. The summed E-state index contributed by atoms with van der Waals surface area (Å²) in [4.78, 5) is 78.7. The third kappa shape index (κ3) is 14.8. The van der Waals surface area contributed by atoms with E-state index in [9.17, 15) is 50.7 Å². The Balaban J connectivity index is 1.92. The van der Waals surface area contributed by atoms with Crippen LogP contribution in [0.3, 0.4) is 0 Å². The monoisotopic (exact) mass is 854 g/mol. The number of hydrogen-bond acceptors (Lipinski definition) is 9. The van der Waals surface area contributed by atoms with E-state index < -0.39 is 90.3 Å². The summed E-state index contributed by atoms with van der Waals surface area (Å²) in [5, 5.41) is 8.49. The van der Waals surface area contributed by atoms with Crippen molar-refractivity contribution < 1.29 is 64.9 Å². The number of carbonyl (C=O) groups excluding carboxylic acids is 6. The Morgan fingerprint density at radius 2 is 1.39 bits per heavy atom. The van der Waals surface area contributed by atoms with Crippen LogP contribution in [0.15, 0.2) is 72.8 Å². The predicted octanol–water partition coefficient (Wildman–Crippen LogP) is 5.29. The van der Waals surface area contributed by atoms with E-state index >= 15 is 0 Å². The van der Waals surface area contributed by atoms with Gasteiger partial charge in [-0.25, -0.2) is 4.79 Å². The van der Waals surface area contributed by atoms with E-state index in [4.69, 9.17) is 25.8 Å². The minimum absolute atomic E-state index is 0.0519. The fraction of sp³-hybridized carbons (Fsp3) is 0.400. The molecule has 0 aromatic heterocycles. The molecule has 4 N–H and O–H groups in total. The quantitative estimate of drug-likeness (QED) is 0.0752. The SMILES string of the molecule is COc1ccc(C(NC(=O)C(Cc2cccc(Cl)c2)NC(=O)c2ccc(OCC(=O)OC(C)(C)C)cc2)C(=O)N[C@H](C(=O)C(F)(F)C(=O)NCC(F)(F)F)C(C)C)cc1. The van der Waals surface area contributed by atoms with Gasteiger partial charge in [0.05, 0.1) is 13.2 Å². The Morgan fingerprint density at radius 1 is 0.780 bits per heavy atom. The molecule has 0 aliphatic heterocycles. The highest BCUT2D eigenvalue weighted by Crippen LogP contribution is 2.24. The summed E-state index contributed by atoms with van der Waals surface area (Å²) in [6.07, 6.45) is -5.24. The molecular weight excluding hydrogens is 811 g/mol. The van der Waals surface area contributed by atoms with Gasteiger partial charge in [0.1, 0.15) is 35.7 Å². The first-order chi connectivity index (χ1) is 27.4. The maximum atomic E-state index is 15.0. The Kier molecular flexibility index (Phi) is 16.3. The van der Waals surface area contributed by atoms with Gasteiger partial charge in [0.25, 0.3) is 11.8 Å². The van der Waals surface area contributed by atoms with E-state index in [1.807, 2.05) is 0 Å². The summed E-state index contributed by atoms with van der Waals surface area (Å²) < 4.78 is 83.6. The Morgan fingerprint density at radius 3 is 1.93 bits per heavy atom. The van der Waals surface area contributed by atoms with Crippen LogP contribution < -0.4 is 30.7 Å². The van der Waals surface area contributed by atoms with Crippen LogP contribution in [-0.2, 0) is 35.1 Å². The molecule has 13 nitrogen and oxygen atoms in total. The molecule has 320 valence electrons. The van der Waals surface area contributed by atoms with E-state index in [2.05, 4.69) is 16.0 Å². The van der Waals surface area contributed by atoms with Gasteiger partial charge in [0.15, 0.2) is 6.61 Å². The van der Waals surface area contributed by atoms with Crippen molar-refractivity contribution in [2.24, 2.45) is 5.92 Å². The molecule has 0 radical (unpaired) electrons. The molecule has 0 aliphatic rings. The molecule has 0 spiro atoms. The summed E-state index contributed by atoms with van der Waals surface area (Å²) in [6, 6.07) is 12.1. The van der Waals surface area contributed by atoms with Crippen molar-refractivity contribution >= 4 is 47.0 Å². The van der Waals surface area contributed by atoms with Crippen molar-refractivity contribution in [3.63, 3.8) is 0 Å². The number of benzene rings is 3. The van der Waals surface area contributed by atoms with E-state index in [0.29, 0.717) is 16.3 Å². The molecule has 3 atom stereocenters. The number of esters is 1. The fourth-order valence-electron chi connectivity index (χ4n) is 5.28. The lowest BCUT2D eigenvalue weighted by Gasteiger charge is -2.28. The van der Waals surface area contributed by atoms with Crippen LogP contribution in [0.25, 0.3) is 0 Å². The smallest absolute Gasteiger partial charge is 0.405 e. The average molecular weight is 855 g/mol. The maximum absolute atomic E-state index is 15.0. The van der Waals surface area contributed by atoms with Crippen LogP contribution in [0, 0.1) is 5.92 Å². The van der Waals surface area contributed by atoms with Gasteiger partial charge in [-0.05, 0) is 86.3 Å². The van der Waals surface area contributed by atoms with Crippen molar-refractivity contribution in [3.8, 4) is 11.5 Å². The van der Waals surface area contributed by atoms with E-state index in [1.165, 1.54) is 75.6 Å². The molecule has 4 amide bonds. The van der Waals surface area contributed by atoms with Crippen molar-refractivity contribution in [3.05, 3.63) is 94.5 Å². The number of carbonyl (C=O) groups is 6. The molecule has 3 aromatic rings. The van der Waals surface area contributed by atoms with Crippen LogP contribution in [0.5, 0.6) is 11.5 Å². The van der Waals surface area contributed by atoms with Crippen molar-refractivity contribution in [2.45, 2.75) is 76.9 Å². The number of alkyl halides is 5. The van der Waals surface area contributed by atoms with Crippen LogP contribution in [-0.4, -0.2) is 85.4 Å². The number of ether oxygens (including phenoxy) is 3. The Bertz CT molecular complexity index is 1970. The zero-order chi connectivity index (χ0) is 44.3. The number of ketones is 1. The zero-order valence-corrected chi connectivity index (χ0v) is 33.6. The summed E-state index contributed by atoms with van der Waals surface area (Å²) >= 11 is 6.17. The average Bonchev–Trinajstić information content (AvgIpc) is 3.15. The number of methoxy groups -OCH3 is 1. The van der Waals surface area contributed by atoms with Gasteiger partial charge >= 0.3 is 18.1 Å². The molecule has 3 aromatic carbocycles. The molecular formula is C40H44ClF5N4O9. The van der Waals surface area contributed by atoms with Crippen molar-refractivity contribution in [1.82, 2.24) is 21.3 Å². The second-order valence-electron chi connectivity index (χ2n) is 14.4. The molecule has 2 unspecified atom stereocenters. The zero-order valence-electron chi connectivity index (χ0n) is 32.8. The standard InChI is InChI=1S/C40H44ClF5N4O9/c1-22(2)31(33(52)40(45,46)37(56)47-21-39(42,43)44)49-36(55)32(24-10-14-27(57-6)15-11-24)50-35(54)29(19-23-8-7-9-26(41)18-23)48-34(53)25-12-16-28(17-13-25)58-20-30(51)59-38(3,4)5/h7-18,22,29,31-32H,19-21H2,1-6H3,(H,47,56)(H,48,53)(H,49,55)(H,50,54)/t29?,31-,32?/m0/s1. The second-order valence-corrected chi connectivity index (χ2v) is 14.9. The van der Waals surface area contributed by atoms with Crippen LogP contribution in [0.1, 0.15) is 62.1 Å². The Labute approximate surface area is 341 Å². The largest absolute Gasteiger partial charge is 0.497 e. The Hall–Kier alpha value is -5.78. The van der Waals surface area contributed by atoms with Gasteiger partial charge in [0.2, 0.25) is 17.6 Å².